The maximum atomic E-state index is 13.2. The van der Waals surface area contributed by atoms with E-state index in [0.29, 0.717) is 17.1 Å². The number of carbonyl (C=O) groups is 1. The SMILES string of the molecule is Cc1sc2nc(SC(C)C(=O)N3CCc4sccc4C3)n(C(C)C)c(=O)c2c1C. The number of carbonyl (C=O) groups excluding carboxylic acids is 1. The van der Waals surface area contributed by atoms with Crippen LogP contribution in [0.25, 0.3) is 10.2 Å². The lowest BCUT2D eigenvalue weighted by Crippen LogP contribution is -2.40. The average molecular weight is 448 g/mol. The lowest BCUT2D eigenvalue weighted by molar-refractivity contribution is -0.131. The number of hydrogen-bond donors (Lipinski definition) is 0. The van der Waals surface area contributed by atoms with E-state index in [9.17, 15) is 9.59 Å². The van der Waals surface area contributed by atoms with Crippen LogP contribution in [0, 0.1) is 13.8 Å². The maximum Gasteiger partial charge on any atom is 0.263 e. The Morgan fingerprint density at radius 3 is 2.76 bits per heavy atom. The minimum absolute atomic E-state index is 0.00473. The Morgan fingerprint density at radius 1 is 1.28 bits per heavy atom. The third kappa shape index (κ3) is 3.66. The number of thiophene rings is 2. The largest absolute Gasteiger partial charge is 0.337 e. The highest BCUT2D eigenvalue weighted by atomic mass is 32.2. The van der Waals surface area contributed by atoms with Gasteiger partial charge in [-0.2, -0.15) is 0 Å². The molecule has 0 N–H and O–H groups in total. The Labute approximate surface area is 182 Å². The molecule has 3 aromatic heterocycles. The van der Waals surface area contributed by atoms with E-state index in [2.05, 4.69) is 11.4 Å². The predicted octanol–water partition coefficient (Wildman–Crippen LogP) is 4.78. The molecule has 0 fully saturated rings. The molecule has 154 valence electrons. The van der Waals surface area contributed by atoms with Gasteiger partial charge in [0.1, 0.15) is 4.83 Å². The zero-order chi connectivity index (χ0) is 20.9. The first kappa shape index (κ1) is 20.6. The highest BCUT2D eigenvalue weighted by Gasteiger charge is 2.28. The van der Waals surface area contributed by atoms with Gasteiger partial charge in [0.05, 0.1) is 10.6 Å². The molecule has 1 atom stereocenters. The zero-order valence-corrected chi connectivity index (χ0v) is 19.8. The molecule has 0 bridgehead atoms. The molecule has 0 aromatic carbocycles. The van der Waals surface area contributed by atoms with Gasteiger partial charge in [0.2, 0.25) is 5.91 Å². The van der Waals surface area contributed by atoms with E-state index in [1.165, 1.54) is 22.2 Å². The molecule has 1 aliphatic rings. The van der Waals surface area contributed by atoms with Crippen molar-refractivity contribution in [2.24, 2.45) is 0 Å². The number of rotatable bonds is 4. The second-order valence-electron chi connectivity index (χ2n) is 7.77. The molecule has 5 nitrogen and oxygen atoms in total. The number of fused-ring (bicyclic) bond motifs is 2. The molecule has 4 rings (SSSR count). The third-order valence-corrected chi connectivity index (χ3v) is 8.65. The standard InChI is InChI=1S/C21H25N3O2S3/c1-11(2)24-20(26)17-12(3)13(4)28-18(17)22-21(24)29-14(5)19(25)23-8-6-16-15(10-23)7-9-27-16/h7,9,11,14H,6,8,10H2,1-5H3. The lowest BCUT2D eigenvalue weighted by Gasteiger charge is -2.29. The van der Waals surface area contributed by atoms with Gasteiger partial charge in [-0.3, -0.25) is 14.2 Å². The summed E-state index contributed by atoms with van der Waals surface area (Å²) < 4.78 is 1.74. The number of hydrogen-bond acceptors (Lipinski definition) is 6. The fourth-order valence-electron chi connectivity index (χ4n) is 3.73. The molecular weight excluding hydrogens is 422 g/mol. The fraction of sp³-hybridized carbons (Fsp3) is 0.476. The molecule has 1 aliphatic heterocycles. The van der Waals surface area contributed by atoms with E-state index >= 15 is 0 Å². The normalized spacial score (nSPS) is 15.2. The summed E-state index contributed by atoms with van der Waals surface area (Å²) in [5.41, 5.74) is 2.27. The average Bonchev–Trinajstić information content (AvgIpc) is 3.24. The number of amides is 1. The first-order valence-corrected chi connectivity index (χ1v) is 12.4. The first-order chi connectivity index (χ1) is 13.8. The lowest BCUT2D eigenvalue weighted by atomic mass is 10.1. The summed E-state index contributed by atoms with van der Waals surface area (Å²) in [5, 5.41) is 3.15. The highest BCUT2D eigenvalue weighted by molar-refractivity contribution is 8.00. The highest BCUT2D eigenvalue weighted by Crippen LogP contribution is 2.32. The smallest absolute Gasteiger partial charge is 0.263 e. The van der Waals surface area contributed by atoms with Crippen molar-refractivity contribution in [1.82, 2.24) is 14.5 Å². The molecule has 1 unspecified atom stereocenters. The molecule has 1 amide bonds. The number of nitrogens with zero attached hydrogens (tertiary/aromatic N) is 3. The minimum Gasteiger partial charge on any atom is -0.337 e. The molecule has 0 radical (unpaired) electrons. The Morgan fingerprint density at radius 2 is 2.03 bits per heavy atom. The Kier molecular flexibility index (Phi) is 5.61. The van der Waals surface area contributed by atoms with E-state index in [0.717, 1.165) is 28.2 Å². The van der Waals surface area contributed by atoms with Gasteiger partial charge in [-0.05, 0) is 63.6 Å². The second kappa shape index (κ2) is 7.89. The van der Waals surface area contributed by atoms with Crippen molar-refractivity contribution in [2.75, 3.05) is 6.54 Å². The Bertz CT molecular complexity index is 1140. The summed E-state index contributed by atoms with van der Waals surface area (Å²) in [6, 6.07) is 2.09. The first-order valence-electron chi connectivity index (χ1n) is 9.80. The van der Waals surface area contributed by atoms with Gasteiger partial charge in [-0.25, -0.2) is 4.98 Å². The summed E-state index contributed by atoms with van der Waals surface area (Å²) in [6.07, 6.45) is 0.921. The van der Waals surface area contributed by atoms with E-state index < -0.39 is 0 Å². The second-order valence-corrected chi connectivity index (χ2v) is 11.3. The predicted molar refractivity (Wildman–Crippen MR) is 122 cm³/mol. The van der Waals surface area contributed by atoms with Gasteiger partial charge in [0, 0.05) is 28.9 Å². The van der Waals surface area contributed by atoms with Gasteiger partial charge >= 0.3 is 0 Å². The van der Waals surface area contributed by atoms with Gasteiger partial charge in [-0.15, -0.1) is 22.7 Å². The van der Waals surface area contributed by atoms with Crippen LogP contribution in [-0.2, 0) is 17.8 Å². The number of thioether (sulfide) groups is 1. The van der Waals surface area contributed by atoms with Gasteiger partial charge in [-0.1, -0.05) is 11.8 Å². The topological polar surface area (TPSA) is 55.2 Å². The summed E-state index contributed by atoms with van der Waals surface area (Å²) >= 11 is 4.72. The van der Waals surface area contributed by atoms with Crippen LogP contribution in [-0.4, -0.2) is 32.2 Å². The van der Waals surface area contributed by atoms with E-state index in [1.807, 2.05) is 39.5 Å². The minimum atomic E-state index is -0.299. The fourth-order valence-corrected chi connectivity index (χ4v) is 6.81. The number of aromatic nitrogens is 2. The van der Waals surface area contributed by atoms with Crippen molar-refractivity contribution in [2.45, 2.75) is 64.0 Å². The molecule has 4 heterocycles. The van der Waals surface area contributed by atoms with Gasteiger partial charge in [0.15, 0.2) is 5.16 Å². The van der Waals surface area contributed by atoms with Crippen LogP contribution in [0.5, 0.6) is 0 Å². The van der Waals surface area contributed by atoms with Gasteiger partial charge < -0.3 is 4.90 Å². The molecule has 8 heteroatoms. The molecule has 29 heavy (non-hydrogen) atoms. The quantitative estimate of drug-likeness (QED) is 0.426. The zero-order valence-electron chi connectivity index (χ0n) is 17.3. The molecule has 0 saturated carbocycles. The van der Waals surface area contributed by atoms with Crippen LogP contribution in [0.4, 0.5) is 0 Å². The summed E-state index contributed by atoms with van der Waals surface area (Å²) in [5.74, 6) is 0.107. The van der Waals surface area contributed by atoms with Crippen molar-refractivity contribution in [3.63, 3.8) is 0 Å². The summed E-state index contributed by atoms with van der Waals surface area (Å²) in [6.45, 7) is 11.3. The van der Waals surface area contributed by atoms with Crippen LogP contribution < -0.4 is 5.56 Å². The number of aryl methyl sites for hydroxylation is 2. The Hall–Kier alpha value is -1.64. The van der Waals surface area contributed by atoms with E-state index in [4.69, 9.17) is 4.98 Å². The van der Waals surface area contributed by atoms with Crippen LogP contribution in [0.2, 0.25) is 0 Å². The van der Waals surface area contributed by atoms with Crippen molar-refractivity contribution in [1.29, 1.82) is 0 Å². The van der Waals surface area contributed by atoms with Crippen LogP contribution in [0.3, 0.4) is 0 Å². The van der Waals surface area contributed by atoms with Crippen LogP contribution >= 0.6 is 34.4 Å². The summed E-state index contributed by atoms with van der Waals surface area (Å²) in [4.78, 5) is 36.3. The van der Waals surface area contributed by atoms with Crippen molar-refractivity contribution < 1.29 is 4.79 Å². The van der Waals surface area contributed by atoms with Crippen LogP contribution in [0.1, 0.15) is 47.7 Å². The Balaban J connectivity index is 1.64. The molecule has 0 spiro atoms. The molecule has 3 aromatic rings. The van der Waals surface area contributed by atoms with Gasteiger partial charge in [0.25, 0.3) is 5.56 Å². The molecule has 0 aliphatic carbocycles. The van der Waals surface area contributed by atoms with Crippen molar-refractivity contribution in [3.05, 3.63) is 42.7 Å². The van der Waals surface area contributed by atoms with Crippen LogP contribution in [0.15, 0.2) is 21.4 Å². The van der Waals surface area contributed by atoms with Crippen molar-refractivity contribution >= 4 is 50.6 Å². The maximum absolute atomic E-state index is 13.2. The summed E-state index contributed by atoms with van der Waals surface area (Å²) in [7, 11) is 0. The molecular formula is C21H25N3O2S3. The monoisotopic (exact) mass is 447 g/mol. The molecule has 0 saturated heterocycles. The van der Waals surface area contributed by atoms with E-state index in [-0.39, 0.29) is 22.8 Å². The van der Waals surface area contributed by atoms with E-state index in [1.54, 1.807) is 27.2 Å². The third-order valence-electron chi connectivity index (χ3n) is 5.47. The van der Waals surface area contributed by atoms with Crippen molar-refractivity contribution in [3.8, 4) is 0 Å².